The Hall–Kier alpha value is -1.43. The zero-order chi connectivity index (χ0) is 10.1. The quantitative estimate of drug-likeness (QED) is 0.785. The highest BCUT2D eigenvalue weighted by atomic mass is 32.1. The van der Waals surface area contributed by atoms with E-state index in [2.05, 4.69) is 9.72 Å². The highest BCUT2D eigenvalue weighted by Gasteiger charge is 2.06. The molecule has 0 aliphatic carbocycles. The number of halogens is 2. The van der Waals surface area contributed by atoms with Gasteiger partial charge in [-0.1, -0.05) is 0 Å². The summed E-state index contributed by atoms with van der Waals surface area (Å²) in [6.45, 7) is -2.84. The third-order valence-corrected chi connectivity index (χ3v) is 1.80. The lowest BCUT2D eigenvalue weighted by atomic mass is 10.3. The molecule has 0 saturated heterocycles. The minimum Gasteiger partial charge on any atom is -0.435 e. The number of fused-ring (bicyclic) bond motifs is 1. The maximum absolute atomic E-state index is 11.8. The standard InChI is InChI=1S/C8H5F2NO2S/c9-7(10)12-4-1-2-5-6(3-4)13-8(14)11-5/h1-3,7H,(H,11,14). The summed E-state index contributed by atoms with van der Waals surface area (Å²) in [4.78, 5) is 2.95. The van der Waals surface area contributed by atoms with Crippen molar-refractivity contribution in [2.45, 2.75) is 6.61 Å². The molecule has 3 nitrogen and oxygen atoms in total. The molecule has 2 rings (SSSR count). The predicted molar refractivity (Wildman–Crippen MR) is 48.0 cm³/mol. The number of hydrogen-bond donors (Lipinski definition) is 1. The van der Waals surface area contributed by atoms with Gasteiger partial charge in [0, 0.05) is 6.07 Å². The lowest BCUT2D eigenvalue weighted by Crippen LogP contribution is -2.01. The van der Waals surface area contributed by atoms with Gasteiger partial charge in [0.05, 0.1) is 5.52 Å². The fourth-order valence-electron chi connectivity index (χ4n) is 1.10. The average molecular weight is 217 g/mol. The molecule has 0 amide bonds. The van der Waals surface area contributed by atoms with Crippen LogP contribution in [0.15, 0.2) is 22.6 Å². The normalized spacial score (nSPS) is 11.1. The van der Waals surface area contributed by atoms with Crippen LogP contribution in [-0.2, 0) is 0 Å². The molecule has 14 heavy (non-hydrogen) atoms. The minimum absolute atomic E-state index is 0.0465. The first-order valence-corrected chi connectivity index (χ1v) is 4.13. The molecule has 0 spiro atoms. The van der Waals surface area contributed by atoms with E-state index in [1.54, 1.807) is 6.07 Å². The summed E-state index contributed by atoms with van der Waals surface area (Å²) in [7, 11) is 0. The van der Waals surface area contributed by atoms with Crippen LogP contribution in [0.25, 0.3) is 11.1 Å². The third-order valence-electron chi connectivity index (χ3n) is 1.62. The van der Waals surface area contributed by atoms with Crippen molar-refractivity contribution in [2.24, 2.45) is 0 Å². The summed E-state index contributed by atoms with van der Waals surface area (Å²) in [6, 6.07) is 4.33. The second kappa shape index (κ2) is 3.38. The van der Waals surface area contributed by atoms with Crippen LogP contribution in [0.5, 0.6) is 5.75 Å². The van der Waals surface area contributed by atoms with Crippen LogP contribution < -0.4 is 4.74 Å². The van der Waals surface area contributed by atoms with Gasteiger partial charge in [0.25, 0.3) is 4.84 Å². The summed E-state index contributed by atoms with van der Waals surface area (Å²) in [5, 5.41) is 0. The Labute approximate surface area is 82.3 Å². The van der Waals surface area contributed by atoms with E-state index in [9.17, 15) is 8.78 Å². The molecule has 0 fully saturated rings. The molecule has 0 aliphatic heterocycles. The van der Waals surface area contributed by atoms with Crippen molar-refractivity contribution in [2.75, 3.05) is 0 Å². The molecule has 1 N–H and O–H groups in total. The Morgan fingerprint density at radius 1 is 1.43 bits per heavy atom. The van der Waals surface area contributed by atoms with Gasteiger partial charge >= 0.3 is 6.61 Å². The van der Waals surface area contributed by atoms with Gasteiger partial charge in [-0.15, -0.1) is 0 Å². The molecule has 2 aromatic rings. The maximum atomic E-state index is 11.8. The van der Waals surface area contributed by atoms with Crippen molar-refractivity contribution < 1.29 is 17.9 Å². The molecule has 0 aliphatic rings. The second-order valence-electron chi connectivity index (χ2n) is 2.55. The SMILES string of the molecule is FC(F)Oc1ccc2[nH]c(=S)oc2c1. The van der Waals surface area contributed by atoms with Gasteiger partial charge in [-0.2, -0.15) is 8.78 Å². The van der Waals surface area contributed by atoms with Crippen molar-refractivity contribution >= 4 is 23.3 Å². The first-order chi connectivity index (χ1) is 6.65. The molecular weight excluding hydrogens is 212 g/mol. The van der Waals surface area contributed by atoms with Gasteiger partial charge in [-0.05, 0) is 24.4 Å². The van der Waals surface area contributed by atoms with Crippen LogP contribution in [0, 0.1) is 4.84 Å². The van der Waals surface area contributed by atoms with Crippen LogP contribution in [0.4, 0.5) is 8.78 Å². The molecule has 1 aromatic carbocycles. The zero-order valence-electron chi connectivity index (χ0n) is 6.79. The number of alkyl halides is 2. The Balaban J connectivity index is 2.45. The highest BCUT2D eigenvalue weighted by Crippen LogP contribution is 2.21. The second-order valence-corrected chi connectivity index (χ2v) is 2.92. The van der Waals surface area contributed by atoms with E-state index in [-0.39, 0.29) is 10.6 Å². The lowest BCUT2D eigenvalue weighted by Gasteiger charge is -2.02. The molecule has 0 radical (unpaired) electrons. The maximum Gasteiger partial charge on any atom is 0.387 e. The van der Waals surface area contributed by atoms with Crippen molar-refractivity contribution in [3.8, 4) is 5.75 Å². The predicted octanol–water partition coefficient (Wildman–Crippen LogP) is 3.09. The monoisotopic (exact) mass is 217 g/mol. The van der Waals surface area contributed by atoms with Crippen LogP contribution >= 0.6 is 12.2 Å². The fourth-order valence-corrected chi connectivity index (χ4v) is 1.30. The van der Waals surface area contributed by atoms with Crippen molar-refractivity contribution in [1.29, 1.82) is 0 Å². The molecule has 6 heteroatoms. The Morgan fingerprint density at radius 3 is 2.93 bits per heavy atom. The third kappa shape index (κ3) is 1.74. The number of oxazole rings is 1. The van der Waals surface area contributed by atoms with Crippen molar-refractivity contribution in [1.82, 2.24) is 4.98 Å². The molecule has 0 bridgehead atoms. The zero-order valence-corrected chi connectivity index (χ0v) is 7.61. The number of nitrogens with one attached hydrogen (secondary N) is 1. The topological polar surface area (TPSA) is 38.2 Å². The number of hydrogen-bond acceptors (Lipinski definition) is 3. The van der Waals surface area contributed by atoms with Gasteiger partial charge in [0.15, 0.2) is 5.58 Å². The van der Waals surface area contributed by atoms with E-state index < -0.39 is 6.61 Å². The number of aromatic amines is 1. The van der Waals surface area contributed by atoms with Crippen molar-refractivity contribution in [3.05, 3.63) is 23.0 Å². The van der Waals surface area contributed by atoms with E-state index in [1.165, 1.54) is 12.1 Å². The summed E-state index contributed by atoms with van der Waals surface area (Å²) >= 11 is 4.73. The fraction of sp³-hybridized carbons (Fsp3) is 0.125. The van der Waals surface area contributed by atoms with Gasteiger partial charge in [0.2, 0.25) is 0 Å². The number of rotatable bonds is 2. The van der Waals surface area contributed by atoms with E-state index >= 15 is 0 Å². The number of ether oxygens (including phenoxy) is 1. The van der Waals surface area contributed by atoms with Crippen LogP contribution in [-0.4, -0.2) is 11.6 Å². The number of H-pyrrole nitrogens is 1. The van der Waals surface area contributed by atoms with Crippen LogP contribution in [0.2, 0.25) is 0 Å². The lowest BCUT2D eigenvalue weighted by molar-refractivity contribution is -0.0497. The van der Waals surface area contributed by atoms with Crippen LogP contribution in [0.1, 0.15) is 0 Å². The van der Waals surface area contributed by atoms with Gasteiger partial charge < -0.3 is 14.1 Å². The summed E-state index contributed by atoms with van der Waals surface area (Å²) in [6.07, 6.45) is 0. The minimum atomic E-state index is -2.84. The Morgan fingerprint density at radius 2 is 2.21 bits per heavy atom. The summed E-state index contributed by atoms with van der Waals surface area (Å²) < 4.78 is 32.9. The van der Waals surface area contributed by atoms with E-state index in [0.29, 0.717) is 11.1 Å². The van der Waals surface area contributed by atoms with E-state index in [0.717, 1.165) is 0 Å². The molecular formula is C8H5F2NO2S. The Kier molecular flexibility index (Phi) is 2.20. The number of benzene rings is 1. The molecule has 1 heterocycles. The summed E-state index contributed by atoms with van der Waals surface area (Å²) in [5.41, 5.74) is 1.05. The van der Waals surface area contributed by atoms with Gasteiger partial charge in [-0.25, -0.2) is 0 Å². The van der Waals surface area contributed by atoms with E-state index in [1.807, 2.05) is 0 Å². The van der Waals surface area contributed by atoms with Gasteiger partial charge in [0.1, 0.15) is 5.75 Å². The first-order valence-electron chi connectivity index (χ1n) is 3.73. The Bertz CT molecular complexity index is 505. The summed E-state index contributed by atoms with van der Waals surface area (Å²) in [5.74, 6) is 0.0465. The molecule has 74 valence electrons. The van der Waals surface area contributed by atoms with Crippen molar-refractivity contribution in [3.63, 3.8) is 0 Å². The molecule has 0 atom stereocenters. The average Bonchev–Trinajstić information content (AvgIpc) is 2.42. The highest BCUT2D eigenvalue weighted by molar-refractivity contribution is 7.71. The number of aromatic nitrogens is 1. The molecule has 1 aromatic heterocycles. The first kappa shape index (κ1) is 9.14. The van der Waals surface area contributed by atoms with Gasteiger partial charge in [-0.3, -0.25) is 0 Å². The molecule has 0 saturated carbocycles. The van der Waals surface area contributed by atoms with E-state index in [4.69, 9.17) is 16.6 Å². The smallest absolute Gasteiger partial charge is 0.387 e. The molecule has 0 unspecified atom stereocenters. The van der Waals surface area contributed by atoms with Crippen LogP contribution in [0.3, 0.4) is 0 Å². The largest absolute Gasteiger partial charge is 0.435 e.